The fourth-order valence-electron chi connectivity index (χ4n) is 5.49. The first-order valence-electron chi connectivity index (χ1n) is 11.1. The van der Waals surface area contributed by atoms with E-state index in [1.807, 2.05) is 60.9 Å². The molecule has 3 rings (SSSR count). The van der Waals surface area contributed by atoms with E-state index in [2.05, 4.69) is 20.3 Å². The van der Waals surface area contributed by atoms with Gasteiger partial charge in [-0.05, 0) is 68.2 Å². The van der Waals surface area contributed by atoms with Gasteiger partial charge < -0.3 is 20.5 Å². The fraction of sp³-hybridized carbons (Fsp3) is 0.857. The van der Waals surface area contributed by atoms with Gasteiger partial charge in [-0.15, -0.1) is 0 Å². The predicted molar refractivity (Wildman–Crippen MR) is 119 cm³/mol. The van der Waals surface area contributed by atoms with Gasteiger partial charge in [0.1, 0.15) is 6.10 Å². The molecule has 0 atom stereocenters. The maximum absolute atomic E-state index is 10.5. The zero-order chi connectivity index (χ0) is 24.1. The highest BCUT2D eigenvalue weighted by Gasteiger charge is 2.47. The minimum absolute atomic E-state index is 0.000636. The lowest BCUT2D eigenvalue weighted by Gasteiger charge is -2.51. The topological polar surface area (TPSA) is 139 Å². The van der Waals surface area contributed by atoms with E-state index in [1.54, 1.807) is 0 Å². The van der Waals surface area contributed by atoms with Gasteiger partial charge in [0.2, 0.25) is 5.95 Å². The lowest BCUT2D eigenvalue weighted by molar-refractivity contribution is -0.255. The Bertz CT molecular complexity index is 732. The van der Waals surface area contributed by atoms with Crippen LogP contribution < -0.4 is 15.5 Å². The molecule has 0 amide bonds. The molecule has 0 unspecified atom stereocenters. The Morgan fingerprint density at radius 1 is 0.750 bits per heavy atom. The largest absolute Gasteiger partial charge is 0.460 e. The molecule has 0 saturated carbocycles. The molecule has 0 aliphatic carbocycles. The van der Waals surface area contributed by atoms with Crippen molar-refractivity contribution in [3.63, 3.8) is 0 Å². The van der Waals surface area contributed by atoms with Crippen molar-refractivity contribution < 1.29 is 20.4 Å². The summed E-state index contributed by atoms with van der Waals surface area (Å²) in [6.07, 6.45) is 2.30. The molecule has 182 valence electrons. The number of nitrogens with one attached hydrogen (secondary N) is 2. The van der Waals surface area contributed by atoms with Crippen LogP contribution in [0, 0.1) is 0 Å². The first-order chi connectivity index (χ1) is 14.6. The van der Waals surface area contributed by atoms with Gasteiger partial charge in [0.05, 0.1) is 0 Å². The molecule has 2 saturated heterocycles. The zero-order valence-corrected chi connectivity index (χ0v) is 20.5. The Balaban J connectivity index is 1.79. The van der Waals surface area contributed by atoms with Gasteiger partial charge >= 0.3 is 6.01 Å². The van der Waals surface area contributed by atoms with Crippen LogP contribution in [0.1, 0.15) is 81.1 Å². The Labute approximate surface area is 190 Å². The smallest absolute Gasteiger partial charge is 0.323 e. The van der Waals surface area contributed by atoms with Crippen LogP contribution in [0.2, 0.25) is 0 Å². The van der Waals surface area contributed by atoms with Gasteiger partial charge in [-0.25, -0.2) is 5.48 Å². The van der Waals surface area contributed by atoms with Gasteiger partial charge in [0.15, 0.2) is 0 Å². The van der Waals surface area contributed by atoms with Gasteiger partial charge in [-0.3, -0.25) is 5.21 Å². The molecule has 0 aromatic carbocycles. The number of hydroxylamine groups is 4. The molecule has 0 radical (unpaired) electrons. The van der Waals surface area contributed by atoms with E-state index in [9.17, 15) is 15.6 Å². The Morgan fingerprint density at radius 3 is 1.66 bits per heavy atom. The van der Waals surface area contributed by atoms with Crippen LogP contribution >= 0.6 is 0 Å². The molecule has 11 heteroatoms. The number of anilines is 2. The minimum atomic E-state index is -0.478. The second-order valence-corrected chi connectivity index (χ2v) is 11.6. The van der Waals surface area contributed by atoms with Gasteiger partial charge in [-0.2, -0.15) is 25.1 Å². The number of aromatic nitrogens is 3. The third-order valence-electron chi connectivity index (χ3n) is 6.56. The lowest BCUT2D eigenvalue weighted by Crippen LogP contribution is -2.61. The molecule has 1 aromatic heterocycles. The third-order valence-corrected chi connectivity index (χ3v) is 6.56. The van der Waals surface area contributed by atoms with Crippen LogP contribution in [0.5, 0.6) is 6.01 Å². The lowest BCUT2D eigenvalue weighted by atomic mass is 9.79. The normalized spacial score (nSPS) is 26.0. The maximum atomic E-state index is 10.5. The van der Waals surface area contributed by atoms with E-state index >= 15 is 0 Å². The van der Waals surface area contributed by atoms with E-state index in [4.69, 9.17) is 4.74 Å². The monoisotopic (exact) mass is 453 g/mol. The van der Waals surface area contributed by atoms with Gasteiger partial charge in [0.25, 0.3) is 5.95 Å². The van der Waals surface area contributed by atoms with Crippen LogP contribution in [0.15, 0.2) is 0 Å². The zero-order valence-electron chi connectivity index (χ0n) is 20.5. The molecule has 3 heterocycles. The minimum Gasteiger partial charge on any atom is -0.460 e. The van der Waals surface area contributed by atoms with Crippen molar-refractivity contribution >= 4 is 11.9 Å². The van der Waals surface area contributed by atoms with Crippen molar-refractivity contribution in [1.29, 1.82) is 0 Å². The van der Waals surface area contributed by atoms with E-state index in [-0.39, 0.29) is 30.1 Å². The average molecular weight is 454 g/mol. The summed E-state index contributed by atoms with van der Waals surface area (Å²) in [7, 11) is 0. The van der Waals surface area contributed by atoms with Crippen molar-refractivity contribution in [3.8, 4) is 6.01 Å². The SMILES string of the molecule is CC1(C)CC(Nc2nc(NO)nc(OC3CC(C)(C)N(O)C(C)(C)C3)n2)CC(C)(C)N1O. The third kappa shape index (κ3) is 5.07. The van der Waals surface area contributed by atoms with E-state index in [1.165, 1.54) is 10.1 Å². The van der Waals surface area contributed by atoms with Crippen molar-refractivity contribution in [2.75, 3.05) is 10.8 Å². The number of ether oxygens (including phenoxy) is 1. The Morgan fingerprint density at radius 2 is 1.19 bits per heavy atom. The molecule has 2 aliphatic rings. The number of hydrogen-bond acceptors (Lipinski definition) is 11. The molecule has 0 bridgehead atoms. The van der Waals surface area contributed by atoms with Gasteiger partial charge in [0, 0.05) is 41.0 Å². The van der Waals surface area contributed by atoms with Gasteiger partial charge in [-0.1, -0.05) is 0 Å². The molecule has 11 nitrogen and oxygen atoms in total. The number of nitrogens with zero attached hydrogens (tertiary/aromatic N) is 5. The van der Waals surface area contributed by atoms with Crippen LogP contribution in [0.3, 0.4) is 0 Å². The van der Waals surface area contributed by atoms with Crippen molar-refractivity contribution in [3.05, 3.63) is 0 Å². The summed E-state index contributed by atoms with van der Waals surface area (Å²) < 4.78 is 6.11. The molecule has 32 heavy (non-hydrogen) atoms. The second-order valence-electron chi connectivity index (χ2n) is 11.6. The highest BCUT2D eigenvalue weighted by Crippen LogP contribution is 2.39. The Kier molecular flexibility index (Phi) is 6.37. The molecular formula is C21H39N7O4. The number of piperidine rings is 2. The quantitative estimate of drug-likeness (QED) is 0.420. The first kappa shape index (κ1) is 24.8. The first-order valence-corrected chi connectivity index (χ1v) is 11.1. The standard InChI is InChI=1S/C21H39N7O4/c1-18(2)9-13(10-19(3,4)27(18)30)22-15-23-16(26-29)25-17(24-15)32-14-11-20(5,6)28(31)21(7,8)12-14/h13-14,29-31H,9-12H2,1-8H3,(H2,22,23,24,25,26). The van der Waals surface area contributed by atoms with Crippen LogP contribution in [0.25, 0.3) is 0 Å². The number of rotatable bonds is 5. The molecule has 0 spiro atoms. The van der Waals surface area contributed by atoms with Crippen molar-refractivity contribution in [1.82, 2.24) is 25.1 Å². The number of hydrogen-bond donors (Lipinski definition) is 5. The molecule has 2 aliphatic heterocycles. The Hall–Kier alpha value is -1.79. The molecule has 1 aromatic rings. The summed E-state index contributed by atoms with van der Waals surface area (Å²) >= 11 is 0. The highest BCUT2D eigenvalue weighted by molar-refractivity contribution is 5.35. The fourth-order valence-corrected chi connectivity index (χ4v) is 5.49. The second kappa shape index (κ2) is 8.21. The molecule has 5 N–H and O–H groups in total. The van der Waals surface area contributed by atoms with Crippen molar-refractivity contribution in [2.24, 2.45) is 0 Å². The molecular weight excluding hydrogens is 414 g/mol. The van der Waals surface area contributed by atoms with Crippen LogP contribution in [-0.4, -0.2) is 75.0 Å². The molecule has 2 fully saturated rings. The summed E-state index contributed by atoms with van der Waals surface area (Å²) in [5.41, 5.74) is 0.164. The summed E-state index contributed by atoms with van der Waals surface area (Å²) in [6, 6.07) is 0.0980. The summed E-state index contributed by atoms with van der Waals surface area (Å²) in [5, 5.41) is 36.6. The maximum Gasteiger partial charge on any atom is 0.323 e. The summed E-state index contributed by atoms with van der Waals surface area (Å²) in [5.74, 6) is 0.265. The van der Waals surface area contributed by atoms with Crippen LogP contribution in [0.4, 0.5) is 11.9 Å². The van der Waals surface area contributed by atoms with E-state index in [0.717, 1.165) is 0 Å². The summed E-state index contributed by atoms with van der Waals surface area (Å²) in [6.45, 7) is 15.8. The van der Waals surface area contributed by atoms with E-state index in [0.29, 0.717) is 25.7 Å². The van der Waals surface area contributed by atoms with E-state index < -0.39 is 22.2 Å². The highest BCUT2D eigenvalue weighted by atomic mass is 16.5. The summed E-state index contributed by atoms with van der Waals surface area (Å²) in [4.78, 5) is 12.8. The predicted octanol–water partition coefficient (Wildman–Crippen LogP) is 3.29. The van der Waals surface area contributed by atoms with Crippen molar-refractivity contribution in [2.45, 2.75) is 115 Å². The average Bonchev–Trinajstić information content (AvgIpc) is 2.63. The van der Waals surface area contributed by atoms with Crippen LogP contribution in [-0.2, 0) is 0 Å².